The van der Waals surface area contributed by atoms with E-state index in [0.717, 1.165) is 55.5 Å². The smallest absolute Gasteiger partial charge is 0.335 e. The number of carboxylic acid groups (broad SMARTS) is 1. The number of carbonyl (C=O) groups excluding carboxylic acids is 1. The molecule has 0 fully saturated rings. The lowest BCUT2D eigenvalue weighted by molar-refractivity contribution is -0.127. The first-order chi connectivity index (χ1) is 26.9. The summed E-state index contributed by atoms with van der Waals surface area (Å²) < 4.78 is 33.4. The van der Waals surface area contributed by atoms with Gasteiger partial charge in [0.1, 0.15) is 5.83 Å². The van der Waals surface area contributed by atoms with Gasteiger partial charge in [-0.3, -0.25) is 4.79 Å². The van der Waals surface area contributed by atoms with Crippen molar-refractivity contribution in [1.29, 1.82) is 0 Å². The van der Waals surface area contributed by atoms with Gasteiger partial charge < -0.3 is 34.0 Å². The largest absolute Gasteiger partial charge is 0.478 e. The Morgan fingerprint density at radius 1 is 1.11 bits per heavy atom. The number of unbranched alkanes of at least 4 members (excludes halogenated alkanes) is 2. The van der Waals surface area contributed by atoms with Crippen LogP contribution in [0, 0.1) is 12.8 Å². The summed E-state index contributed by atoms with van der Waals surface area (Å²) in [5.74, 6) is -1.67. The second-order valence-electron chi connectivity index (χ2n) is 13.4. The first-order valence-corrected chi connectivity index (χ1v) is 19.7. The summed E-state index contributed by atoms with van der Waals surface area (Å²) in [7, 11) is 3.25. The van der Waals surface area contributed by atoms with Gasteiger partial charge in [0.15, 0.2) is 0 Å². The third kappa shape index (κ3) is 15.2. The molecule has 1 heterocycles. The van der Waals surface area contributed by atoms with Gasteiger partial charge in [0.05, 0.1) is 55.1 Å². The molecule has 56 heavy (non-hydrogen) atoms. The van der Waals surface area contributed by atoms with Crippen LogP contribution in [0.15, 0.2) is 82.4 Å². The molecular formula is C45H67FN4O6. The molecule has 2 unspecified atom stereocenters. The molecule has 0 saturated carbocycles. The molecule has 0 aliphatic carbocycles. The highest BCUT2D eigenvalue weighted by Crippen LogP contribution is 2.38. The van der Waals surface area contributed by atoms with Gasteiger partial charge in [-0.05, 0) is 70.4 Å². The van der Waals surface area contributed by atoms with Crippen LogP contribution in [0.3, 0.4) is 0 Å². The Bertz CT molecular complexity index is 1590. The Hall–Kier alpha value is -4.50. The maximum absolute atomic E-state index is 16.4. The Balaban J connectivity index is 0.00000771. The van der Waals surface area contributed by atoms with Crippen LogP contribution in [0.4, 0.5) is 15.8 Å². The first-order valence-electron chi connectivity index (χ1n) is 19.7. The monoisotopic (exact) mass is 779 g/mol. The van der Waals surface area contributed by atoms with Crippen molar-refractivity contribution in [1.82, 2.24) is 9.80 Å². The molecule has 0 spiro atoms. The minimum absolute atomic E-state index is 0.122. The molecule has 1 amide bonds. The van der Waals surface area contributed by atoms with E-state index in [-0.39, 0.29) is 24.1 Å². The van der Waals surface area contributed by atoms with Gasteiger partial charge in [0.25, 0.3) is 0 Å². The van der Waals surface area contributed by atoms with E-state index in [4.69, 9.17) is 19.2 Å². The van der Waals surface area contributed by atoms with E-state index in [1.54, 1.807) is 51.2 Å². The lowest BCUT2D eigenvalue weighted by atomic mass is 9.98. The summed E-state index contributed by atoms with van der Waals surface area (Å²) in [6.07, 6.45) is 20.4. The van der Waals surface area contributed by atoms with Gasteiger partial charge in [-0.2, -0.15) is 0 Å². The number of rotatable bonds is 25. The lowest BCUT2D eigenvalue weighted by Gasteiger charge is -2.37. The van der Waals surface area contributed by atoms with Gasteiger partial charge in [0, 0.05) is 69.4 Å². The number of hydrogen-bond acceptors (Lipinski definition) is 8. The van der Waals surface area contributed by atoms with Crippen molar-refractivity contribution in [2.24, 2.45) is 4.99 Å². The third-order valence-corrected chi connectivity index (χ3v) is 9.50. The number of carbonyl (C=O) groups is 2. The van der Waals surface area contributed by atoms with E-state index in [1.165, 1.54) is 13.0 Å². The van der Waals surface area contributed by atoms with Gasteiger partial charge in [0.2, 0.25) is 5.91 Å². The van der Waals surface area contributed by atoms with Crippen LogP contribution in [0.1, 0.15) is 97.3 Å². The van der Waals surface area contributed by atoms with Crippen LogP contribution in [-0.2, 0) is 19.0 Å². The summed E-state index contributed by atoms with van der Waals surface area (Å²) in [5, 5.41) is 9.73. The van der Waals surface area contributed by atoms with E-state index in [1.807, 2.05) is 12.1 Å². The van der Waals surface area contributed by atoms with Crippen molar-refractivity contribution in [3.8, 4) is 12.8 Å². The fraction of sp³-hybridized carbons (Fsp3) is 0.533. The Morgan fingerprint density at radius 3 is 2.34 bits per heavy atom. The highest BCUT2D eigenvalue weighted by Gasteiger charge is 2.28. The molecule has 1 aromatic rings. The van der Waals surface area contributed by atoms with Crippen LogP contribution in [0.2, 0.25) is 0 Å². The second kappa shape index (κ2) is 27.2. The average Bonchev–Trinajstić information content (AvgIpc) is 3.18. The molecule has 0 radical (unpaired) electrons. The number of likely N-dealkylation sites (N-methyl/N-ethyl adjacent to an activating group) is 1. The zero-order valence-corrected chi connectivity index (χ0v) is 35.4. The summed E-state index contributed by atoms with van der Waals surface area (Å²) in [6, 6.07) is 5.19. The molecule has 2 atom stereocenters. The minimum Gasteiger partial charge on any atom is -0.478 e. The zero-order chi connectivity index (χ0) is 42.2. The van der Waals surface area contributed by atoms with Crippen LogP contribution in [-0.4, -0.2) is 105 Å². The Labute approximate surface area is 336 Å². The zero-order valence-electron chi connectivity index (χ0n) is 35.4. The van der Waals surface area contributed by atoms with Crippen LogP contribution >= 0.6 is 0 Å². The standard InChI is InChI=1S/C43H65FN4O6.C2H2/c1-11-16-17-19-36(13-3)48-29-40(45-39-28-34(43(50)51)20-21-42(39)48)37(14-4)38(44)27-32(7)54-30-35(26-31(6)47(33(8)49)23-25-53-10)41(18-12-2)46(15-5)22-24-52-9;1-2/h14,18,20-21,26-28,32,36H,6,11-13,15-17,19,22-25,29-30H2,1-5,7-10H3,(H,50,51);1-2H/b35-26-,37-14+,38-27+,41-18+;. The Kier molecular flexibility index (Phi) is 24.0. The van der Waals surface area contributed by atoms with E-state index in [9.17, 15) is 14.7 Å². The highest BCUT2D eigenvalue weighted by molar-refractivity contribution is 6.10. The number of hydrogen-bond donors (Lipinski definition) is 1. The van der Waals surface area contributed by atoms with Gasteiger partial charge >= 0.3 is 5.97 Å². The van der Waals surface area contributed by atoms with E-state index >= 15 is 4.39 Å². The molecule has 10 nitrogen and oxygen atoms in total. The normalized spacial score (nSPS) is 14.6. The predicted molar refractivity (Wildman–Crippen MR) is 228 cm³/mol. The van der Waals surface area contributed by atoms with Crippen molar-refractivity contribution in [3.05, 3.63) is 83.0 Å². The number of anilines is 1. The number of fused-ring (bicyclic) bond motifs is 1. The number of aromatic carboxylic acids is 1. The van der Waals surface area contributed by atoms with Gasteiger partial charge in [-0.15, -0.1) is 12.8 Å². The molecule has 1 aliphatic rings. The minimum atomic E-state index is -1.04. The molecule has 2 rings (SSSR count). The molecule has 0 aromatic heterocycles. The summed E-state index contributed by atoms with van der Waals surface area (Å²) in [5.41, 5.74) is 4.61. The fourth-order valence-electron chi connectivity index (χ4n) is 6.57. The number of halogens is 1. The van der Waals surface area contributed by atoms with Crippen molar-refractivity contribution >= 4 is 29.0 Å². The van der Waals surface area contributed by atoms with Crippen molar-refractivity contribution in [2.75, 3.05) is 65.1 Å². The van der Waals surface area contributed by atoms with Crippen LogP contribution < -0.4 is 4.90 Å². The van der Waals surface area contributed by atoms with E-state index < -0.39 is 17.9 Å². The van der Waals surface area contributed by atoms with Gasteiger partial charge in [-0.1, -0.05) is 58.8 Å². The SMILES string of the molecule is C#C.C=C(/C=C(COC(C)/C=C(F)\C(=C/C)C1=Nc2cc(C(=O)O)ccc2N(C(CC)CCCCC)C1)\C(=C/CC)N(CC)CCOC)N(CCOC)C(C)=O. The summed E-state index contributed by atoms with van der Waals surface area (Å²) >= 11 is 0. The number of carboxylic acids is 1. The molecule has 0 bridgehead atoms. The van der Waals surface area contributed by atoms with Gasteiger partial charge in [-0.25, -0.2) is 14.2 Å². The molecule has 1 aliphatic heterocycles. The van der Waals surface area contributed by atoms with E-state index in [0.29, 0.717) is 62.1 Å². The number of benzene rings is 1. The number of amides is 1. The average molecular weight is 779 g/mol. The summed E-state index contributed by atoms with van der Waals surface area (Å²) in [4.78, 5) is 35.3. The summed E-state index contributed by atoms with van der Waals surface area (Å²) in [6.45, 7) is 20.8. The van der Waals surface area contributed by atoms with Crippen molar-refractivity contribution in [2.45, 2.75) is 99.1 Å². The molecule has 11 heteroatoms. The third-order valence-electron chi connectivity index (χ3n) is 9.50. The van der Waals surface area contributed by atoms with Crippen LogP contribution in [0.5, 0.6) is 0 Å². The number of methoxy groups -OCH3 is 2. The highest BCUT2D eigenvalue weighted by atomic mass is 19.1. The number of nitrogens with zero attached hydrogens (tertiary/aromatic N) is 4. The predicted octanol–water partition coefficient (Wildman–Crippen LogP) is 9.29. The molecule has 1 aromatic carbocycles. The number of ether oxygens (including phenoxy) is 3. The number of terminal acetylenes is 1. The van der Waals surface area contributed by atoms with Crippen molar-refractivity contribution in [3.63, 3.8) is 0 Å². The topological polar surface area (TPSA) is 104 Å². The van der Waals surface area contributed by atoms with Crippen LogP contribution in [0.25, 0.3) is 0 Å². The van der Waals surface area contributed by atoms with E-state index in [2.05, 4.69) is 63.0 Å². The quantitative estimate of drug-likeness (QED) is 0.0596. The molecule has 0 saturated heterocycles. The molecule has 1 N–H and O–H groups in total. The molecular weight excluding hydrogens is 712 g/mol. The Morgan fingerprint density at radius 2 is 1.79 bits per heavy atom. The number of aliphatic imine (C=N–C) groups is 1. The fourth-order valence-corrected chi connectivity index (χ4v) is 6.57. The first kappa shape index (κ1) is 49.5. The maximum Gasteiger partial charge on any atom is 0.335 e. The maximum atomic E-state index is 16.4. The van der Waals surface area contributed by atoms with Crippen molar-refractivity contribution < 1.29 is 33.3 Å². The molecule has 310 valence electrons. The lowest BCUT2D eigenvalue weighted by Crippen LogP contribution is -2.41. The number of allylic oxidation sites excluding steroid dienone is 4. The second-order valence-corrected chi connectivity index (χ2v) is 13.4.